The molecular weight excluding hydrogens is 210 g/mol. The summed E-state index contributed by atoms with van der Waals surface area (Å²) in [5.74, 6) is 0. The van der Waals surface area contributed by atoms with Gasteiger partial charge in [-0.1, -0.05) is 30.3 Å². The Morgan fingerprint density at radius 2 is 1.82 bits per heavy atom. The fourth-order valence-corrected chi connectivity index (χ4v) is 2.29. The summed E-state index contributed by atoms with van der Waals surface area (Å²) >= 11 is 0. The van der Waals surface area contributed by atoms with Crippen molar-refractivity contribution in [2.45, 2.75) is 38.2 Å². The minimum Gasteiger partial charge on any atom is -0.378 e. The van der Waals surface area contributed by atoms with Crippen molar-refractivity contribution in [2.75, 3.05) is 19.7 Å². The fraction of sp³-hybridized carbons (Fsp3) is 0.600. The van der Waals surface area contributed by atoms with Gasteiger partial charge in [0.05, 0.1) is 6.10 Å². The minimum absolute atomic E-state index is 0.507. The number of nitrogens with one attached hydrogen (secondary N) is 1. The third-order valence-corrected chi connectivity index (χ3v) is 3.34. The summed E-state index contributed by atoms with van der Waals surface area (Å²) < 4.78 is 5.88. The first-order chi connectivity index (χ1) is 8.45. The van der Waals surface area contributed by atoms with Crippen LogP contribution in [0.4, 0.5) is 0 Å². The van der Waals surface area contributed by atoms with E-state index in [4.69, 9.17) is 4.74 Å². The van der Waals surface area contributed by atoms with Gasteiger partial charge in [-0.3, -0.25) is 0 Å². The highest BCUT2D eigenvalue weighted by atomic mass is 16.5. The van der Waals surface area contributed by atoms with Crippen LogP contribution in [0.1, 0.15) is 31.2 Å². The van der Waals surface area contributed by atoms with Gasteiger partial charge in [-0.05, 0) is 50.8 Å². The van der Waals surface area contributed by atoms with Crippen molar-refractivity contribution < 1.29 is 4.74 Å². The van der Waals surface area contributed by atoms with Crippen LogP contribution in [0.5, 0.6) is 0 Å². The third-order valence-electron chi connectivity index (χ3n) is 3.34. The zero-order chi connectivity index (χ0) is 11.8. The molecular formula is C15H23NO. The van der Waals surface area contributed by atoms with E-state index in [-0.39, 0.29) is 0 Å². The first-order valence-electron chi connectivity index (χ1n) is 6.81. The zero-order valence-corrected chi connectivity index (χ0v) is 10.5. The molecule has 0 bridgehead atoms. The molecule has 94 valence electrons. The Morgan fingerprint density at radius 3 is 2.59 bits per heavy atom. The van der Waals surface area contributed by atoms with Gasteiger partial charge in [-0.15, -0.1) is 0 Å². The molecule has 0 aliphatic carbocycles. The Labute approximate surface area is 104 Å². The second-order valence-electron chi connectivity index (χ2n) is 4.76. The van der Waals surface area contributed by atoms with Gasteiger partial charge in [0.1, 0.15) is 0 Å². The third kappa shape index (κ3) is 4.88. The predicted octanol–water partition coefficient (Wildman–Crippen LogP) is 2.78. The largest absolute Gasteiger partial charge is 0.378 e. The molecule has 1 aliphatic rings. The molecule has 1 fully saturated rings. The highest BCUT2D eigenvalue weighted by Gasteiger charge is 2.12. The Hall–Kier alpha value is -0.860. The topological polar surface area (TPSA) is 21.3 Å². The van der Waals surface area contributed by atoms with E-state index in [1.54, 1.807) is 0 Å². The summed E-state index contributed by atoms with van der Waals surface area (Å²) in [4.78, 5) is 0. The minimum atomic E-state index is 0.507. The lowest BCUT2D eigenvalue weighted by atomic mass is 10.1. The normalized spacial score (nSPS) is 17.2. The van der Waals surface area contributed by atoms with E-state index >= 15 is 0 Å². The van der Waals surface area contributed by atoms with Gasteiger partial charge in [-0.25, -0.2) is 0 Å². The smallest absolute Gasteiger partial charge is 0.0599 e. The van der Waals surface area contributed by atoms with Gasteiger partial charge in [-0.2, -0.15) is 0 Å². The van der Waals surface area contributed by atoms with Gasteiger partial charge >= 0.3 is 0 Å². The van der Waals surface area contributed by atoms with Crippen molar-refractivity contribution in [2.24, 2.45) is 0 Å². The summed E-state index contributed by atoms with van der Waals surface area (Å²) in [6.45, 7) is 3.17. The summed E-state index contributed by atoms with van der Waals surface area (Å²) in [7, 11) is 0. The SMILES string of the molecule is c1ccc(CCCCOC2CCNCC2)cc1. The first kappa shape index (κ1) is 12.6. The van der Waals surface area contributed by atoms with Crippen LogP contribution >= 0.6 is 0 Å². The van der Waals surface area contributed by atoms with Crippen molar-refractivity contribution in [3.63, 3.8) is 0 Å². The number of unbranched alkanes of at least 4 members (excludes halogenated alkanes) is 1. The molecule has 1 saturated heterocycles. The van der Waals surface area contributed by atoms with Crippen molar-refractivity contribution in [1.82, 2.24) is 5.32 Å². The molecule has 0 amide bonds. The molecule has 0 unspecified atom stereocenters. The molecule has 1 heterocycles. The summed E-state index contributed by atoms with van der Waals surface area (Å²) in [5, 5.41) is 3.36. The molecule has 0 spiro atoms. The lowest BCUT2D eigenvalue weighted by Gasteiger charge is -2.22. The van der Waals surface area contributed by atoms with Crippen LogP contribution in [0.25, 0.3) is 0 Å². The van der Waals surface area contributed by atoms with Gasteiger partial charge in [0, 0.05) is 6.61 Å². The lowest BCUT2D eigenvalue weighted by Crippen LogP contribution is -2.32. The standard InChI is InChI=1S/C15H23NO/c1-2-6-14(7-3-1)8-4-5-13-17-15-9-11-16-12-10-15/h1-3,6-7,15-16H,4-5,8-13H2. The number of rotatable bonds is 6. The molecule has 1 aliphatic heterocycles. The van der Waals surface area contributed by atoms with E-state index in [0.29, 0.717) is 6.10 Å². The number of piperidine rings is 1. The van der Waals surface area contributed by atoms with E-state index in [1.807, 2.05) is 0 Å². The number of hydrogen-bond donors (Lipinski definition) is 1. The maximum Gasteiger partial charge on any atom is 0.0599 e. The molecule has 2 nitrogen and oxygen atoms in total. The Bertz CT molecular complexity index is 293. The highest BCUT2D eigenvalue weighted by molar-refractivity contribution is 5.14. The highest BCUT2D eigenvalue weighted by Crippen LogP contribution is 2.09. The van der Waals surface area contributed by atoms with Crippen LogP contribution in [-0.2, 0) is 11.2 Å². The van der Waals surface area contributed by atoms with Crippen LogP contribution < -0.4 is 5.32 Å². The molecule has 0 aromatic heterocycles. The Balaban J connectivity index is 1.51. The molecule has 0 atom stereocenters. The van der Waals surface area contributed by atoms with Crippen LogP contribution in [0.2, 0.25) is 0 Å². The number of aryl methyl sites for hydroxylation is 1. The second-order valence-corrected chi connectivity index (χ2v) is 4.76. The van der Waals surface area contributed by atoms with Gasteiger partial charge in [0.15, 0.2) is 0 Å². The molecule has 0 saturated carbocycles. The van der Waals surface area contributed by atoms with Crippen molar-refractivity contribution >= 4 is 0 Å². The Kier molecular flexibility index (Phi) is 5.53. The first-order valence-corrected chi connectivity index (χ1v) is 6.81. The molecule has 1 aromatic carbocycles. The van der Waals surface area contributed by atoms with E-state index in [0.717, 1.165) is 19.7 Å². The summed E-state index contributed by atoms with van der Waals surface area (Å²) in [6.07, 6.45) is 6.45. The summed E-state index contributed by atoms with van der Waals surface area (Å²) in [5.41, 5.74) is 1.44. The molecule has 2 heteroatoms. The lowest BCUT2D eigenvalue weighted by molar-refractivity contribution is 0.0310. The van der Waals surface area contributed by atoms with E-state index in [2.05, 4.69) is 35.6 Å². The van der Waals surface area contributed by atoms with Crippen molar-refractivity contribution in [3.8, 4) is 0 Å². The van der Waals surface area contributed by atoms with Gasteiger partial charge in [0.25, 0.3) is 0 Å². The number of benzene rings is 1. The molecule has 2 rings (SSSR count). The van der Waals surface area contributed by atoms with E-state index < -0.39 is 0 Å². The Morgan fingerprint density at radius 1 is 1.06 bits per heavy atom. The van der Waals surface area contributed by atoms with Crippen molar-refractivity contribution in [3.05, 3.63) is 35.9 Å². The second kappa shape index (κ2) is 7.46. The molecule has 1 aromatic rings. The van der Waals surface area contributed by atoms with Crippen LogP contribution in [0.15, 0.2) is 30.3 Å². The fourth-order valence-electron chi connectivity index (χ4n) is 2.29. The molecule has 17 heavy (non-hydrogen) atoms. The monoisotopic (exact) mass is 233 g/mol. The molecule has 0 radical (unpaired) electrons. The van der Waals surface area contributed by atoms with Gasteiger partial charge < -0.3 is 10.1 Å². The van der Waals surface area contributed by atoms with Crippen LogP contribution in [0, 0.1) is 0 Å². The van der Waals surface area contributed by atoms with Crippen LogP contribution in [0.3, 0.4) is 0 Å². The van der Waals surface area contributed by atoms with E-state index in [1.165, 1.54) is 37.7 Å². The average molecular weight is 233 g/mol. The van der Waals surface area contributed by atoms with Crippen LogP contribution in [-0.4, -0.2) is 25.8 Å². The maximum atomic E-state index is 5.88. The maximum absolute atomic E-state index is 5.88. The summed E-state index contributed by atoms with van der Waals surface area (Å²) in [6, 6.07) is 10.7. The number of hydrogen-bond acceptors (Lipinski definition) is 2. The van der Waals surface area contributed by atoms with E-state index in [9.17, 15) is 0 Å². The number of ether oxygens (including phenoxy) is 1. The molecule has 1 N–H and O–H groups in total. The quantitative estimate of drug-likeness (QED) is 0.763. The average Bonchev–Trinajstić information content (AvgIpc) is 2.41. The van der Waals surface area contributed by atoms with Gasteiger partial charge in [0.2, 0.25) is 0 Å². The predicted molar refractivity (Wildman–Crippen MR) is 71.2 cm³/mol. The van der Waals surface area contributed by atoms with Crippen molar-refractivity contribution in [1.29, 1.82) is 0 Å². The zero-order valence-electron chi connectivity index (χ0n) is 10.5.